The zero-order valence-electron chi connectivity index (χ0n) is 11.4. The van der Waals surface area contributed by atoms with Crippen LogP contribution < -0.4 is 4.90 Å². The van der Waals surface area contributed by atoms with Crippen molar-refractivity contribution in [3.63, 3.8) is 0 Å². The number of allylic oxidation sites excluding steroid dienone is 2. The lowest BCUT2D eigenvalue weighted by atomic mass is 9.90. The highest BCUT2D eigenvalue weighted by Crippen LogP contribution is 2.35. The molecule has 1 amide bonds. The Hall–Kier alpha value is -1.57. The zero-order chi connectivity index (χ0) is 13.1. The van der Waals surface area contributed by atoms with Crippen molar-refractivity contribution in [3.8, 4) is 0 Å². The highest BCUT2D eigenvalue weighted by atomic mass is 16.2. The molecule has 100 valence electrons. The van der Waals surface area contributed by atoms with Gasteiger partial charge in [0.1, 0.15) is 0 Å². The fraction of sp³-hybridized carbons (Fsp3) is 0.471. The van der Waals surface area contributed by atoms with Crippen molar-refractivity contribution in [2.75, 3.05) is 4.90 Å². The number of benzene rings is 1. The molecule has 19 heavy (non-hydrogen) atoms. The molecule has 1 aromatic rings. The largest absolute Gasteiger partial charge is 0.285 e. The quantitative estimate of drug-likeness (QED) is 0.727. The second kappa shape index (κ2) is 5.60. The van der Waals surface area contributed by atoms with Crippen LogP contribution in [-0.4, -0.2) is 5.91 Å². The van der Waals surface area contributed by atoms with Crippen molar-refractivity contribution in [2.24, 2.45) is 0 Å². The van der Waals surface area contributed by atoms with Gasteiger partial charge in [-0.05, 0) is 49.8 Å². The van der Waals surface area contributed by atoms with E-state index in [1.165, 1.54) is 43.4 Å². The van der Waals surface area contributed by atoms with E-state index >= 15 is 0 Å². The Balaban J connectivity index is 1.99. The van der Waals surface area contributed by atoms with Gasteiger partial charge in [-0.2, -0.15) is 0 Å². The molecule has 0 unspecified atom stereocenters. The van der Waals surface area contributed by atoms with E-state index in [-0.39, 0.29) is 5.91 Å². The summed E-state index contributed by atoms with van der Waals surface area (Å²) in [5, 5.41) is 0. The first-order chi connectivity index (χ1) is 9.36. The van der Waals surface area contributed by atoms with Crippen molar-refractivity contribution < 1.29 is 4.79 Å². The third-order valence-electron chi connectivity index (χ3n) is 4.22. The van der Waals surface area contributed by atoms with Gasteiger partial charge in [-0.15, -0.1) is 0 Å². The molecule has 0 saturated heterocycles. The fourth-order valence-electron chi connectivity index (χ4n) is 3.24. The van der Waals surface area contributed by atoms with Crippen molar-refractivity contribution in [1.82, 2.24) is 0 Å². The molecule has 2 heteroatoms. The van der Waals surface area contributed by atoms with Crippen LogP contribution in [0.5, 0.6) is 0 Å². The van der Waals surface area contributed by atoms with Gasteiger partial charge in [0.2, 0.25) is 5.91 Å². The van der Waals surface area contributed by atoms with E-state index in [0.29, 0.717) is 6.42 Å². The second-order valence-corrected chi connectivity index (χ2v) is 5.53. The number of rotatable bonds is 1. The Kier molecular flexibility index (Phi) is 3.67. The predicted octanol–water partition coefficient (Wildman–Crippen LogP) is 4.42. The normalized spacial score (nSPS) is 20.8. The monoisotopic (exact) mass is 255 g/mol. The minimum absolute atomic E-state index is 0.269. The summed E-state index contributed by atoms with van der Waals surface area (Å²) in [6, 6.07) is 10.1. The molecule has 0 spiro atoms. The van der Waals surface area contributed by atoms with Gasteiger partial charge in [-0.3, -0.25) is 9.69 Å². The highest BCUT2D eigenvalue weighted by molar-refractivity contribution is 5.97. The molecule has 2 aliphatic rings. The summed E-state index contributed by atoms with van der Waals surface area (Å²) >= 11 is 0. The van der Waals surface area contributed by atoms with E-state index in [4.69, 9.17) is 0 Å². The van der Waals surface area contributed by atoms with Crippen LogP contribution in [0.25, 0.3) is 0 Å². The van der Waals surface area contributed by atoms with Crippen LogP contribution in [0.4, 0.5) is 5.69 Å². The van der Waals surface area contributed by atoms with Crippen LogP contribution in [0.1, 0.15) is 51.4 Å². The lowest BCUT2D eigenvalue weighted by Gasteiger charge is -2.33. The van der Waals surface area contributed by atoms with Gasteiger partial charge in [0.05, 0.1) is 0 Å². The molecule has 2 nitrogen and oxygen atoms in total. The molecule has 1 heterocycles. The molecule has 3 rings (SSSR count). The maximum Gasteiger partial charge on any atom is 0.231 e. The molecule has 1 aliphatic carbocycles. The van der Waals surface area contributed by atoms with E-state index in [1.54, 1.807) is 0 Å². The molecular weight excluding hydrogens is 234 g/mol. The van der Waals surface area contributed by atoms with Gasteiger partial charge in [-0.25, -0.2) is 0 Å². The smallest absolute Gasteiger partial charge is 0.231 e. The van der Waals surface area contributed by atoms with Crippen LogP contribution in [0, 0.1) is 0 Å². The Morgan fingerprint density at radius 2 is 1.53 bits per heavy atom. The lowest BCUT2D eigenvalue weighted by Crippen LogP contribution is -2.34. The number of carbonyl (C=O) groups excluding carboxylic acids is 1. The van der Waals surface area contributed by atoms with Crippen molar-refractivity contribution >= 4 is 11.6 Å². The number of para-hydroxylation sites is 1. The Morgan fingerprint density at radius 3 is 2.32 bits per heavy atom. The highest BCUT2D eigenvalue weighted by Gasteiger charge is 2.27. The molecular formula is C17H21NO. The number of hydrogen-bond donors (Lipinski definition) is 0. The Bertz CT molecular complexity index is 489. The topological polar surface area (TPSA) is 20.3 Å². The van der Waals surface area contributed by atoms with Crippen LogP contribution in [0.3, 0.4) is 0 Å². The minimum atomic E-state index is 0.269. The molecule has 1 aliphatic heterocycles. The van der Waals surface area contributed by atoms with Crippen LogP contribution in [0.2, 0.25) is 0 Å². The predicted molar refractivity (Wildman–Crippen MR) is 77.9 cm³/mol. The van der Waals surface area contributed by atoms with E-state index in [9.17, 15) is 4.79 Å². The summed E-state index contributed by atoms with van der Waals surface area (Å²) in [6.07, 6.45) is 9.06. The molecule has 1 aromatic carbocycles. The second-order valence-electron chi connectivity index (χ2n) is 5.53. The summed E-state index contributed by atoms with van der Waals surface area (Å²) in [6.45, 7) is 0. The Labute approximate surface area is 115 Å². The molecule has 0 saturated carbocycles. The van der Waals surface area contributed by atoms with Gasteiger partial charge in [0.15, 0.2) is 0 Å². The van der Waals surface area contributed by atoms with E-state index in [2.05, 4.69) is 0 Å². The first-order valence-corrected chi connectivity index (χ1v) is 7.45. The number of hydrogen-bond acceptors (Lipinski definition) is 1. The average molecular weight is 255 g/mol. The van der Waals surface area contributed by atoms with Crippen LogP contribution in [-0.2, 0) is 4.79 Å². The minimum Gasteiger partial charge on any atom is -0.285 e. The van der Waals surface area contributed by atoms with Gasteiger partial charge >= 0.3 is 0 Å². The summed E-state index contributed by atoms with van der Waals surface area (Å²) in [7, 11) is 0. The van der Waals surface area contributed by atoms with E-state index < -0.39 is 0 Å². The van der Waals surface area contributed by atoms with Crippen LogP contribution in [0.15, 0.2) is 41.6 Å². The third kappa shape index (κ3) is 2.58. The molecule has 0 N–H and O–H groups in total. The van der Waals surface area contributed by atoms with Gasteiger partial charge in [0, 0.05) is 17.8 Å². The lowest BCUT2D eigenvalue weighted by molar-refractivity contribution is -0.118. The molecule has 0 radical (unpaired) electrons. The van der Waals surface area contributed by atoms with Crippen molar-refractivity contribution in [3.05, 3.63) is 41.6 Å². The number of carbonyl (C=O) groups is 1. The van der Waals surface area contributed by atoms with E-state index in [0.717, 1.165) is 18.5 Å². The third-order valence-corrected chi connectivity index (χ3v) is 4.22. The standard InChI is InChI=1S/C17H21NO/c19-17-13-12-14-8-4-1-2-7-11-16(14)18(17)15-9-5-3-6-10-15/h3,5-6,9-10H,1-2,4,7-8,11-13H2. The Morgan fingerprint density at radius 1 is 0.789 bits per heavy atom. The molecule has 0 bridgehead atoms. The summed E-state index contributed by atoms with van der Waals surface area (Å²) < 4.78 is 0. The zero-order valence-corrected chi connectivity index (χ0v) is 11.4. The first-order valence-electron chi connectivity index (χ1n) is 7.45. The number of amides is 1. The first kappa shape index (κ1) is 12.5. The maximum absolute atomic E-state index is 12.3. The number of nitrogens with zero attached hydrogens (tertiary/aromatic N) is 1. The van der Waals surface area contributed by atoms with Crippen molar-refractivity contribution in [2.45, 2.75) is 51.4 Å². The van der Waals surface area contributed by atoms with Crippen molar-refractivity contribution in [1.29, 1.82) is 0 Å². The van der Waals surface area contributed by atoms with E-state index in [1.807, 2.05) is 35.2 Å². The summed E-state index contributed by atoms with van der Waals surface area (Å²) in [5.74, 6) is 0.269. The number of anilines is 1. The molecule has 0 fully saturated rings. The SMILES string of the molecule is O=C1CCC2=C(CCCCCC2)N1c1ccccc1. The van der Waals surface area contributed by atoms with Gasteiger partial charge < -0.3 is 0 Å². The van der Waals surface area contributed by atoms with Gasteiger partial charge in [-0.1, -0.05) is 31.0 Å². The summed E-state index contributed by atoms with van der Waals surface area (Å²) in [5.41, 5.74) is 3.88. The fourth-order valence-corrected chi connectivity index (χ4v) is 3.24. The maximum atomic E-state index is 12.3. The average Bonchev–Trinajstić information content (AvgIpc) is 2.41. The summed E-state index contributed by atoms with van der Waals surface area (Å²) in [4.78, 5) is 14.3. The molecule has 0 aromatic heterocycles. The van der Waals surface area contributed by atoms with Crippen LogP contribution >= 0.6 is 0 Å². The molecule has 0 atom stereocenters. The van der Waals surface area contributed by atoms with Gasteiger partial charge in [0.25, 0.3) is 0 Å².